The minimum Gasteiger partial charge on any atom is -0.493 e. The van der Waals surface area contributed by atoms with Crippen LogP contribution in [0.25, 0.3) is 0 Å². The van der Waals surface area contributed by atoms with Crippen molar-refractivity contribution in [3.63, 3.8) is 0 Å². The molecule has 0 spiro atoms. The molecule has 1 atom stereocenters. The second kappa shape index (κ2) is 8.63. The number of nitrogens with one attached hydrogen (secondary N) is 1. The van der Waals surface area contributed by atoms with Crippen molar-refractivity contribution >= 4 is 24.0 Å². The van der Waals surface area contributed by atoms with E-state index in [1.807, 2.05) is 6.07 Å². The summed E-state index contributed by atoms with van der Waals surface area (Å²) < 4.78 is 24.0. The van der Waals surface area contributed by atoms with Gasteiger partial charge in [0.1, 0.15) is 6.67 Å². The maximum Gasteiger partial charge on any atom is 0.179 e. The molecule has 1 aromatic rings. The van der Waals surface area contributed by atoms with E-state index < -0.39 is 6.67 Å². The van der Waals surface area contributed by atoms with Crippen LogP contribution in [0.1, 0.15) is 11.6 Å². The highest BCUT2D eigenvalue weighted by atomic mass is 35.5. The van der Waals surface area contributed by atoms with Gasteiger partial charge in [-0.25, -0.2) is 4.39 Å². The van der Waals surface area contributed by atoms with Gasteiger partial charge in [-0.3, -0.25) is 4.90 Å². The Morgan fingerprint density at radius 2 is 1.95 bits per heavy atom. The summed E-state index contributed by atoms with van der Waals surface area (Å²) in [4.78, 5) is 2.10. The molecule has 4 nitrogen and oxygen atoms in total. The van der Waals surface area contributed by atoms with Gasteiger partial charge in [-0.05, 0) is 11.6 Å². The molecule has 0 aliphatic carbocycles. The van der Waals surface area contributed by atoms with Crippen molar-refractivity contribution in [2.45, 2.75) is 6.04 Å². The first-order valence-electron chi connectivity index (χ1n) is 6.64. The molecule has 120 valence electrons. The molecule has 1 heterocycles. The smallest absolute Gasteiger partial charge is 0.179 e. The Kier molecular flexibility index (Phi) is 7.52. The summed E-state index contributed by atoms with van der Waals surface area (Å²) in [6.07, 6.45) is 0. The summed E-state index contributed by atoms with van der Waals surface area (Å²) in [5, 5.41) is 3.68. The third-order valence-corrected chi connectivity index (χ3v) is 4.00. The van der Waals surface area contributed by atoms with Crippen molar-refractivity contribution in [1.82, 2.24) is 10.2 Å². The second-order valence-electron chi connectivity index (χ2n) is 4.66. The normalized spacial score (nSPS) is 17.0. The first-order valence-corrected chi connectivity index (χ1v) is 7.01. The summed E-state index contributed by atoms with van der Waals surface area (Å²) in [7, 11) is 3.08. The molecule has 1 aromatic carbocycles. The molecule has 1 fully saturated rings. The summed E-state index contributed by atoms with van der Waals surface area (Å²) >= 11 is 6.37. The van der Waals surface area contributed by atoms with Crippen molar-refractivity contribution < 1.29 is 13.9 Å². The number of hydrogen-bond acceptors (Lipinski definition) is 4. The third kappa shape index (κ3) is 3.92. The lowest BCUT2D eigenvalue weighted by molar-refractivity contribution is 0.147. The summed E-state index contributed by atoms with van der Waals surface area (Å²) in [6, 6.07) is 3.24. The van der Waals surface area contributed by atoms with Crippen LogP contribution >= 0.6 is 24.0 Å². The van der Waals surface area contributed by atoms with Gasteiger partial charge in [-0.1, -0.05) is 17.7 Å². The van der Waals surface area contributed by atoms with Gasteiger partial charge in [0.15, 0.2) is 11.5 Å². The molecule has 0 saturated carbocycles. The standard InChI is InChI=1S/C14H20ClFN2O2.ClH/c1-19-12-4-3-10(13(15)14(12)20-2)11(9-16)18-7-5-17-6-8-18;/h3-4,11,17H,5-9H2,1-2H3;1H/t11-;/m1./s1. The quantitative estimate of drug-likeness (QED) is 0.894. The van der Waals surface area contributed by atoms with Crippen LogP contribution in [0.15, 0.2) is 12.1 Å². The summed E-state index contributed by atoms with van der Waals surface area (Å²) in [5.41, 5.74) is 0.744. The van der Waals surface area contributed by atoms with Crippen LogP contribution in [0.3, 0.4) is 0 Å². The number of rotatable bonds is 5. The number of benzene rings is 1. The van der Waals surface area contributed by atoms with Crippen molar-refractivity contribution in [3.8, 4) is 11.5 Å². The Labute approximate surface area is 136 Å². The zero-order chi connectivity index (χ0) is 14.5. The van der Waals surface area contributed by atoms with Gasteiger partial charge in [0.2, 0.25) is 0 Å². The molecule has 0 bridgehead atoms. The van der Waals surface area contributed by atoms with Crippen molar-refractivity contribution in [2.75, 3.05) is 47.1 Å². The monoisotopic (exact) mass is 338 g/mol. The van der Waals surface area contributed by atoms with Crippen LogP contribution < -0.4 is 14.8 Å². The van der Waals surface area contributed by atoms with Crippen LogP contribution in [0.2, 0.25) is 5.02 Å². The van der Waals surface area contributed by atoms with Gasteiger partial charge in [0.05, 0.1) is 25.3 Å². The van der Waals surface area contributed by atoms with E-state index in [4.69, 9.17) is 21.1 Å². The predicted molar refractivity (Wildman–Crippen MR) is 85.0 cm³/mol. The molecule has 0 unspecified atom stereocenters. The highest BCUT2D eigenvalue weighted by Crippen LogP contribution is 2.41. The van der Waals surface area contributed by atoms with Gasteiger partial charge in [0.25, 0.3) is 0 Å². The summed E-state index contributed by atoms with van der Waals surface area (Å²) in [5.74, 6) is 1.01. The van der Waals surface area contributed by atoms with Gasteiger partial charge >= 0.3 is 0 Å². The molecule has 7 heteroatoms. The lowest BCUT2D eigenvalue weighted by atomic mass is 10.0. The number of methoxy groups -OCH3 is 2. The SMILES string of the molecule is COc1ccc([C@@H](CF)N2CCNCC2)c(Cl)c1OC.Cl. The maximum absolute atomic E-state index is 13.5. The molecule has 1 aliphatic rings. The van der Waals surface area contributed by atoms with E-state index in [9.17, 15) is 4.39 Å². The average molecular weight is 339 g/mol. The third-order valence-electron chi connectivity index (χ3n) is 3.61. The number of hydrogen-bond donors (Lipinski definition) is 1. The number of halogens is 3. The first kappa shape index (κ1) is 18.3. The van der Waals surface area contributed by atoms with Crippen molar-refractivity contribution in [1.29, 1.82) is 0 Å². The van der Waals surface area contributed by atoms with Crippen LogP contribution in [-0.2, 0) is 0 Å². The van der Waals surface area contributed by atoms with Gasteiger partial charge in [-0.15, -0.1) is 12.4 Å². The zero-order valence-electron chi connectivity index (χ0n) is 12.2. The number of alkyl halides is 1. The fourth-order valence-electron chi connectivity index (χ4n) is 2.53. The lowest BCUT2D eigenvalue weighted by Gasteiger charge is -2.34. The highest BCUT2D eigenvalue weighted by molar-refractivity contribution is 6.33. The van der Waals surface area contributed by atoms with Crippen LogP contribution in [-0.4, -0.2) is 52.0 Å². The van der Waals surface area contributed by atoms with Crippen molar-refractivity contribution in [3.05, 3.63) is 22.7 Å². The highest BCUT2D eigenvalue weighted by Gasteiger charge is 2.26. The Morgan fingerprint density at radius 1 is 1.29 bits per heavy atom. The Morgan fingerprint density at radius 3 is 2.48 bits per heavy atom. The van der Waals surface area contributed by atoms with Crippen molar-refractivity contribution in [2.24, 2.45) is 0 Å². The largest absolute Gasteiger partial charge is 0.493 e. The topological polar surface area (TPSA) is 33.7 Å². The molecular formula is C14H21Cl2FN2O2. The van der Waals surface area contributed by atoms with Crippen LogP contribution in [0.4, 0.5) is 4.39 Å². The van der Waals surface area contributed by atoms with Gasteiger partial charge < -0.3 is 14.8 Å². The molecule has 0 aromatic heterocycles. The van der Waals surface area contributed by atoms with Gasteiger partial charge in [-0.2, -0.15) is 0 Å². The van der Waals surface area contributed by atoms with Crippen LogP contribution in [0.5, 0.6) is 11.5 Å². The van der Waals surface area contributed by atoms with E-state index in [0.717, 1.165) is 31.7 Å². The number of ether oxygens (including phenoxy) is 2. The fraction of sp³-hybridized carbons (Fsp3) is 0.571. The zero-order valence-corrected chi connectivity index (χ0v) is 13.8. The van der Waals surface area contributed by atoms with Gasteiger partial charge in [0, 0.05) is 26.2 Å². The van der Waals surface area contributed by atoms with E-state index >= 15 is 0 Å². The molecule has 1 saturated heterocycles. The van der Waals surface area contributed by atoms with E-state index in [2.05, 4.69) is 10.2 Å². The van der Waals surface area contributed by atoms with E-state index in [0.29, 0.717) is 16.5 Å². The molecule has 0 amide bonds. The van der Waals surface area contributed by atoms with E-state index in [-0.39, 0.29) is 18.4 Å². The minimum absolute atomic E-state index is 0. The van der Waals surface area contributed by atoms with E-state index in [1.54, 1.807) is 13.2 Å². The Hall–Kier alpha value is -0.750. The molecule has 1 aliphatic heterocycles. The number of nitrogens with zero attached hydrogens (tertiary/aromatic N) is 1. The molecular weight excluding hydrogens is 318 g/mol. The average Bonchev–Trinajstić information content (AvgIpc) is 2.50. The first-order chi connectivity index (χ1) is 9.72. The Balaban J connectivity index is 0.00000220. The molecule has 0 radical (unpaired) electrons. The van der Waals surface area contributed by atoms with E-state index in [1.165, 1.54) is 7.11 Å². The minimum atomic E-state index is -0.477. The molecule has 21 heavy (non-hydrogen) atoms. The fourth-order valence-corrected chi connectivity index (χ4v) is 2.89. The number of piperazine rings is 1. The lowest BCUT2D eigenvalue weighted by Crippen LogP contribution is -2.45. The Bertz CT molecular complexity index is 457. The predicted octanol–water partition coefficient (Wildman–Crippen LogP) is 2.69. The molecule has 2 rings (SSSR count). The molecule has 1 N–H and O–H groups in total. The summed E-state index contributed by atoms with van der Waals surface area (Å²) in [6.45, 7) is 2.86. The maximum atomic E-state index is 13.5. The van der Waals surface area contributed by atoms with Crippen LogP contribution in [0, 0.1) is 0 Å². The second-order valence-corrected chi connectivity index (χ2v) is 5.04.